The Morgan fingerprint density at radius 3 is 2.94 bits per heavy atom. The Labute approximate surface area is 205 Å². The first-order valence-corrected chi connectivity index (χ1v) is 12.8. The predicted octanol–water partition coefficient (Wildman–Crippen LogP) is 6.14. The molecule has 2 unspecified atom stereocenters. The first-order chi connectivity index (χ1) is 16.5. The predicted molar refractivity (Wildman–Crippen MR) is 138 cm³/mol. The number of aryl methyl sites for hydroxylation is 1. The van der Waals surface area contributed by atoms with Crippen molar-refractivity contribution in [2.45, 2.75) is 63.3 Å². The third kappa shape index (κ3) is 5.58. The van der Waals surface area contributed by atoms with E-state index < -0.39 is 0 Å². The molecule has 4 rings (SSSR count). The Morgan fingerprint density at radius 1 is 1.29 bits per heavy atom. The molecule has 0 saturated carbocycles. The van der Waals surface area contributed by atoms with Crippen LogP contribution in [0.5, 0.6) is 0 Å². The van der Waals surface area contributed by atoms with Gasteiger partial charge < -0.3 is 9.40 Å². The molecule has 1 aromatic carbocycles. The average molecular weight is 477 g/mol. The van der Waals surface area contributed by atoms with E-state index in [9.17, 15) is 4.79 Å². The fourth-order valence-corrected chi connectivity index (χ4v) is 5.10. The number of hydrogen-bond donors (Lipinski definition) is 0. The van der Waals surface area contributed by atoms with Crippen molar-refractivity contribution < 1.29 is 9.63 Å². The third-order valence-corrected chi connectivity index (χ3v) is 7.48. The summed E-state index contributed by atoms with van der Waals surface area (Å²) in [5, 5.41) is 14.2. The summed E-state index contributed by atoms with van der Waals surface area (Å²) >= 11 is 1.61. The largest absolute Gasteiger partial charge is 0.357 e. The lowest BCUT2D eigenvalue weighted by Gasteiger charge is -2.16. The number of thioether (sulfide) groups is 1. The monoisotopic (exact) mass is 476 g/mol. The second kappa shape index (κ2) is 11.0. The summed E-state index contributed by atoms with van der Waals surface area (Å²) in [7, 11) is 1.95. The minimum Gasteiger partial charge on any atom is -0.357 e. The highest BCUT2D eigenvalue weighted by molar-refractivity contribution is 8.00. The number of allylic oxidation sites excluding steroid dienone is 5. The van der Waals surface area contributed by atoms with Gasteiger partial charge >= 0.3 is 0 Å². The van der Waals surface area contributed by atoms with Gasteiger partial charge in [-0.25, -0.2) is 0 Å². The Kier molecular flexibility index (Phi) is 7.83. The van der Waals surface area contributed by atoms with E-state index in [0.717, 1.165) is 59.9 Å². The van der Waals surface area contributed by atoms with Crippen molar-refractivity contribution in [1.29, 1.82) is 0 Å². The van der Waals surface area contributed by atoms with Gasteiger partial charge in [-0.2, -0.15) is 0 Å². The van der Waals surface area contributed by atoms with E-state index in [-0.39, 0.29) is 17.0 Å². The molecule has 2 atom stereocenters. The van der Waals surface area contributed by atoms with Crippen LogP contribution in [0.4, 0.5) is 0 Å². The molecule has 0 radical (unpaired) electrons. The summed E-state index contributed by atoms with van der Waals surface area (Å²) in [4.78, 5) is 18.4. The standard InChI is InChI=1S/C27H32N4O2S/c1-5-20-11-9-13-22(17-24(20)32)26-28-29-27(31(26)4)34-19(3)23-14-6-7-15-25(33-30-23)21-12-8-10-18(2)16-21/h8-10,12-13,15-17,19-20H,5-7,11,14H2,1-4H3. The fraction of sp³-hybridized carbons (Fsp3) is 0.407. The summed E-state index contributed by atoms with van der Waals surface area (Å²) in [5.41, 5.74) is 4.06. The zero-order valence-electron chi connectivity index (χ0n) is 20.3. The van der Waals surface area contributed by atoms with Crippen LogP contribution in [-0.2, 0) is 16.7 Å². The zero-order valence-corrected chi connectivity index (χ0v) is 21.1. The summed E-state index contributed by atoms with van der Waals surface area (Å²) in [6.07, 6.45) is 12.3. The molecule has 2 aliphatic rings. The van der Waals surface area contributed by atoms with Crippen molar-refractivity contribution in [3.63, 3.8) is 0 Å². The number of oxime groups is 1. The fourth-order valence-electron chi connectivity index (χ4n) is 4.15. The molecule has 0 amide bonds. The van der Waals surface area contributed by atoms with Gasteiger partial charge in [0.25, 0.3) is 0 Å². The summed E-state index contributed by atoms with van der Waals surface area (Å²) in [5.74, 6) is 1.72. The summed E-state index contributed by atoms with van der Waals surface area (Å²) in [6.45, 7) is 6.25. The minimum atomic E-state index is 0.0481. The van der Waals surface area contributed by atoms with Gasteiger partial charge in [0.15, 0.2) is 22.5 Å². The number of nitrogens with zero attached hydrogens (tertiary/aromatic N) is 4. The molecular formula is C27H32N4O2S. The third-order valence-electron chi connectivity index (χ3n) is 6.29. The van der Waals surface area contributed by atoms with E-state index in [2.05, 4.69) is 66.5 Å². The van der Waals surface area contributed by atoms with E-state index in [1.807, 2.05) is 23.8 Å². The van der Waals surface area contributed by atoms with Crippen LogP contribution in [0.15, 0.2) is 58.9 Å². The van der Waals surface area contributed by atoms with Crippen LogP contribution in [0.3, 0.4) is 0 Å². The molecule has 6 nitrogen and oxygen atoms in total. The number of benzene rings is 1. The minimum absolute atomic E-state index is 0.0481. The van der Waals surface area contributed by atoms with Crippen LogP contribution in [-0.4, -0.2) is 31.5 Å². The Hall–Kier alpha value is -2.93. The van der Waals surface area contributed by atoms with Crippen LogP contribution in [0.1, 0.15) is 62.9 Å². The van der Waals surface area contributed by atoms with Gasteiger partial charge in [-0.1, -0.05) is 59.8 Å². The van der Waals surface area contributed by atoms with Crippen molar-refractivity contribution in [1.82, 2.24) is 14.8 Å². The van der Waals surface area contributed by atoms with Crippen LogP contribution in [0.25, 0.3) is 11.3 Å². The number of carbonyl (C=O) groups excluding carboxylic acids is 1. The Balaban J connectivity index is 1.49. The molecule has 0 saturated heterocycles. The lowest BCUT2D eigenvalue weighted by atomic mass is 9.98. The maximum atomic E-state index is 12.5. The van der Waals surface area contributed by atoms with E-state index in [0.29, 0.717) is 5.82 Å². The summed E-state index contributed by atoms with van der Waals surface area (Å²) in [6, 6.07) is 8.29. The van der Waals surface area contributed by atoms with Crippen LogP contribution < -0.4 is 0 Å². The van der Waals surface area contributed by atoms with Gasteiger partial charge in [-0.15, -0.1) is 10.2 Å². The molecule has 2 heterocycles. The van der Waals surface area contributed by atoms with E-state index >= 15 is 0 Å². The second-order valence-corrected chi connectivity index (χ2v) is 10.2. The average Bonchev–Trinajstić information content (AvgIpc) is 3.04. The van der Waals surface area contributed by atoms with Crippen molar-refractivity contribution in [3.8, 4) is 0 Å². The molecule has 0 N–H and O–H groups in total. The molecule has 0 bridgehead atoms. The number of ketones is 1. The van der Waals surface area contributed by atoms with E-state index in [1.165, 1.54) is 5.56 Å². The molecule has 7 heteroatoms. The first kappa shape index (κ1) is 24.2. The lowest BCUT2D eigenvalue weighted by molar-refractivity contribution is -0.118. The van der Waals surface area contributed by atoms with Gasteiger partial charge in [-0.3, -0.25) is 4.79 Å². The Morgan fingerprint density at radius 2 is 2.15 bits per heavy atom. The number of carbonyl (C=O) groups is 1. The van der Waals surface area contributed by atoms with Gasteiger partial charge in [-0.05, 0) is 64.2 Å². The molecular weight excluding hydrogens is 444 g/mol. The molecule has 2 aromatic rings. The SMILES string of the molecule is CCC1CC=CC(c2nnc(SC(C)C3=NOC(c4cccc(C)c4)=CCCC3)n2C)=CC1=O. The molecule has 34 heavy (non-hydrogen) atoms. The quantitative estimate of drug-likeness (QED) is 0.468. The van der Waals surface area contributed by atoms with Gasteiger partial charge in [0.05, 0.1) is 11.0 Å². The highest BCUT2D eigenvalue weighted by Gasteiger charge is 2.22. The molecule has 178 valence electrons. The topological polar surface area (TPSA) is 69.4 Å². The van der Waals surface area contributed by atoms with E-state index in [1.54, 1.807) is 17.8 Å². The molecule has 1 aliphatic heterocycles. The van der Waals surface area contributed by atoms with Gasteiger partial charge in [0.1, 0.15) is 0 Å². The maximum absolute atomic E-state index is 12.5. The van der Waals surface area contributed by atoms with E-state index in [4.69, 9.17) is 4.84 Å². The second-order valence-electron chi connectivity index (χ2n) is 8.87. The lowest BCUT2D eigenvalue weighted by Crippen LogP contribution is -2.16. The van der Waals surface area contributed by atoms with Crippen LogP contribution in [0.2, 0.25) is 0 Å². The molecule has 1 aromatic heterocycles. The van der Waals surface area contributed by atoms with Crippen LogP contribution in [0, 0.1) is 12.8 Å². The number of aromatic nitrogens is 3. The Bertz CT molecular complexity index is 1180. The molecule has 0 spiro atoms. The number of hydrogen-bond acceptors (Lipinski definition) is 6. The normalized spacial score (nSPS) is 19.8. The number of rotatable bonds is 6. The van der Waals surface area contributed by atoms with Gasteiger partial charge in [0, 0.05) is 24.1 Å². The summed E-state index contributed by atoms with van der Waals surface area (Å²) < 4.78 is 1.96. The molecule has 0 fully saturated rings. The van der Waals surface area contributed by atoms with Crippen molar-refractivity contribution in [2.75, 3.05) is 0 Å². The van der Waals surface area contributed by atoms with Crippen LogP contribution >= 0.6 is 11.8 Å². The smallest absolute Gasteiger partial charge is 0.191 e. The van der Waals surface area contributed by atoms with Gasteiger partial charge in [0.2, 0.25) is 0 Å². The maximum Gasteiger partial charge on any atom is 0.191 e. The first-order valence-electron chi connectivity index (χ1n) is 12.0. The highest BCUT2D eigenvalue weighted by atomic mass is 32.2. The zero-order chi connectivity index (χ0) is 24.1. The van der Waals surface area contributed by atoms with Crippen molar-refractivity contribution >= 4 is 34.6 Å². The van der Waals surface area contributed by atoms with Crippen molar-refractivity contribution in [3.05, 3.63) is 65.5 Å². The highest BCUT2D eigenvalue weighted by Crippen LogP contribution is 2.29. The molecule has 1 aliphatic carbocycles. The van der Waals surface area contributed by atoms with Crippen molar-refractivity contribution in [2.24, 2.45) is 18.1 Å².